The molecule has 0 heterocycles. The van der Waals surface area contributed by atoms with Gasteiger partial charge in [0.2, 0.25) is 10.8 Å². The molecule has 0 aromatic heterocycles. The third-order valence-corrected chi connectivity index (χ3v) is 6.46. The number of carbonyl (C=O) groups is 1. The number of nitrogens with zero attached hydrogens (tertiary/aromatic N) is 2. The van der Waals surface area contributed by atoms with Crippen LogP contribution in [0.3, 0.4) is 0 Å². The fraction of sp³-hybridized carbons (Fsp3) is 0.632. The number of hydrogen-bond donors (Lipinski definition) is 3. The van der Waals surface area contributed by atoms with E-state index in [0.717, 1.165) is 37.8 Å². The normalized spacial score (nSPS) is 27.2. The van der Waals surface area contributed by atoms with E-state index >= 15 is 0 Å². The molecule has 0 bridgehead atoms. The standard InChI is InChI=1S/C19H23ClF2N4O2/c1-19(6-2-3-7-19)17(15-12(21)5-4-11(20)16(15)22)24-18(28)10-8-13(25-26-23)14(27)9-10/h4-5,10,13-14,17,23,27H,2-3,6-9H2,1H3/p+1/t10-,13-,14-,17+/m0/s1. The summed E-state index contributed by atoms with van der Waals surface area (Å²) in [6, 6.07) is 0.793. The van der Waals surface area contributed by atoms with Gasteiger partial charge in [0.1, 0.15) is 22.3 Å². The second kappa shape index (κ2) is 8.23. The summed E-state index contributed by atoms with van der Waals surface area (Å²) in [5.74, 6) is -2.55. The highest BCUT2D eigenvalue weighted by Crippen LogP contribution is 2.49. The fourth-order valence-corrected chi connectivity index (χ4v) is 4.70. The third-order valence-electron chi connectivity index (χ3n) is 6.17. The zero-order chi connectivity index (χ0) is 20.5. The van der Waals surface area contributed by atoms with Gasteiger partial charge >= 0.3 is 0 Å². The van der Waals surface area contributed by atoms with Crippen LogP contribution in [-0.4, -0.2) is 23.2 Å². The summed E-state index contributed by atoms with van der Waals surface area (Å²) in [6.07, 6.45) is 2.82. The second-order valence-corrected chi connectivity index (χ2v) is 8.49. The predicted octanol–water partition coefficient (Wildman–Crippen LogP) is 4.05. The molecule has 0 spiro atoms. The molecule has 3 N–H and O–H groups in total. The molecule has 0 saturated heterocycles. The lowest BCUT2D eigenvalue weighted by atomic mass is 9.76. The number of rotatable bonds is 5. The van der Waals surface area contributed by atoms with Gasteiger partial charge in [0, 0.05) is 11.5 Å². The Bertz CT molecular complexity index is 809. The minimum Gasteiger partial charge on any atom is -0.391 e. The van der Waals surface area contributed by atoms with E-state index in [1.54, 1.807) is 0 Å². The van der Waals surface area contributed by atoms with Crippen molar-refractivity contribution in [3.05, 3.63) is 34.4 Å². The molecule has 2 saturated carbocycles. The highest BCUT2D eigenvalue weighted by molar-refractivity contribution is 6.30. The lowest BCUT2D eigenvalue weighted by Crippen LogP contribution is -2.41. The van der Waals surface area contributed by atoms with Crippen LogP contribution in [0.5, 0.6) is 0 Å². The van der Waals surface area contributed by atoms with Crippen LogP contribution >= 0.6 is 11.6 Å². The summed E-state index contributed by atoms with van der Waals surface area (Å²) < 4.78 is 29.4. The van der Waals surface area contributed by atoms with Crippen LogP contribution in [0, 0.1) is 28.5 Å². The molecule has 2 aliphatic carbocycles. The number of aliphatic hydroxyl groups is 1. The summed E-state index contributed by atoms with van der Waals surface area (Å²) in [5.41, 5.74) is 6.10. The van der Waals surface area contributed by atoms with Crippen LogP contribution in [0.15, 0.2) is 17.2 Å². The van der Waals surface area contributed by atoms with Crippen molar-refractivity contribution in [2.75, 3.05) is 0 Å². The summed E-state index contributed by atoms with van der Waals surface area (Å²) in [6.45, 7) is 1.92. The monoisotopic (exact) mass is 413 g/mol. The maximum atomic E-state index is 14.8. The molecule has 152 valence electrons. The number of nitrogens with one attached hydrogen (secondary N) is 2. The van der Waals surface area contributed by atoms with Gasteiger partial charge in [-0.3, -0.25) is 4.79 Å². The average molecular weight is 414 g/mol. The Labute approximate surface area is 166 Å². The lowest BCUT2D eigenvalue weighted by molar-refractivity contribution is -0.126. The van der Waals surface area contributed by atoms with E-state index in [4.69, 9.17) is 17.1 Å². The first-order valence-corrected chi connectivity index (χ1v) is 9.83. The smallest absolute Gasteiger partial charge is 0.223 e. The molecular weight excluding hydrogens is 390 g/mol. The Morgan fingerprint density at radius 1 is 1.39 bits per heavy atom. The molecule has 6 nitrogen and oxygen atoms in total. The largest absolute Gasteiger partial charge is 0.391 e. The second-order valence-electron chi connectivity index (χ2n) is 8.08. The van der Waals surface area contributed by atoms with Gasteiger partial charge in [-0.25, -0.2) is 8.78 Å². The van der Waals surface area contributed by atoms with E-state index in [1.807, 2.05) is 6.92 Å². The van der Waals surface area contributed by atoms with Gasteiger partial charge in [-0.05, 0) is 43.2 Å². The summed E-state index contributed by atoms with van der Waals surface area (Å²) >= 11 is 5.89. The topological polar surface area (TPSA) is 99.6 Å². The van der Waals surface area contributed by atoms with Crippen molar-refractivity contribution < 1.29 is 18.7 Å². The minimum atomic E-state index is -0.870. The van der Waals surface area contributed by atoms with Crippen LogP contribution in [-0.2, 0) is 4.79 Å². The first-order valence-electron chi connectivity index (χ1n) is 9.45. The molecule has 9 heteroatoms. The summed E-state index contributed by atoms with van der Waals surface area (Å²) in [7, 11) is 0. The number of hydrogen-bond acceptors (Lipinski definition) is 4. The molecular formula is C19H24ClF2N4O2+. The van der Waals surface area contributed by atoms with Crippen LogP contribution in [0.25, 0.3) is 0 Å². The highest BCUT2D eigenvalue weighted by atomic mass is 35.5. The molecule has 2 aliphatic rings. The van der Waals surface area contributed by atoms with Gasteiger partial charge in [0.25, 0.3) is 0 Å². The highest BCUT2D eigenvalue weighted by Gasteiger charge is 2.45. The van der Waals surface area contributed by atoms with E-state index in [-0.39, 0.29) is 23.4 Å². The van der Waals surface area contributed by atoms with Crippen LogP contribution in [0.2, 0.25) is 5.02 Å². The number of halogens is 3. The van der Waals surface area contributed by atoms with Gasteiger partial charge in [0.15, 0.2) is 6.04 Å². The Kier molecular flexibility index (Phi) is 6.12. The van der Waals surface area contributed by atoms with Gasteiger partial charge in [-0.15, -0.1) is 0 Å². The van der Waals surface area contributed by atoms with Crippen molar-refractivity contribution in [1.82, 2.24) is 10.2 Å². The Balaban J connectivity index is 1.90. The molecule has 3 rings (SSSR count). The van der Waals surface area contributed by atoms with Gasteiger partial charge in [-0.2, -0.15) is 0 Å². The number of amides is 1. The zero-order valence-corrected chi connectivity index (χ0v) is 16.3. The van der Waals surface area contributed by atoms with Crippen LogP contribution in [0.1, 0.15) is 57.1 Å². The van der Waals surface area contributed by atoms with Gasteiger partial charge in [-0.1, -0.05) is 31.4 Å². The van der Waals surface area contributed by atoms with E-state index < -0.39 is 47.1 Å². The zero-order valence-electron chi connectivity index (χ0n) is 15.6. The van der Waals surface area contributed by atoms with E-state index in [1.165, 1.54) is 0 Å². The summed E-state index contributed by atoms with van der Waals surface area (Å²) in [5, 5.41) is 16.3. The molecule has 2 fully saturated rings. The van der Waals surface area contributed by atoms with E-state index in [0.29, 0.717) is 0 Å². The fourth-order valence-electron chi connectivity index (χ4n) is 4.54. The predicted molar refractivity (Wildman–Crippen MR) is 98.6 cm³/mol. The maximum Gasteiger partial charge on any atom is 0.223 e. The maximum absolute atomic E-state index is 14.8. The van der Waals surface area contributed by atoms with Crippen LogP contribution < -0.4 is 10.2 Å². The van der Waals surface area contributed by atoms with Crippen molar-refractivity contribution >= 4 is 17.5 Å². The molecule has 4 atom stereocenters. The van der Waals surface area contributed by atoms with E-state index in [2.05, 4.69) is 15.3 Å². The SMILES string of the molecule is CC1([C@H](NC(=O)[C@H]2C[C@H](N=[N+]=N)[C@@H](O)C2)c2c(F)ccc(Cl)c2F)CCCC1. The summed E-state index contributed by atoms with van der Waals surface area (Å²) in [4.78, 5) is 15.9. The first-order chi connectivity index (χ1) is 13.3. The molecule has 1 aromatic carbocycles. The Morgan fingerprint density at radius 3 is 2.71 bits per heavy atom. The Morgan fingerprint density at radius 2 is 2.07 bits per heavy atom. The van der Waals surface area contributed by atoms with Crippen molar-refractivity contribution in [2.24, 2.45) is 16.4 Å². The minimum absolute atomic E-state index is 0.166. The first kappa shape index (κ1) is 20.8. The molecule has 1 aromatic rings. The van der Waals surface area contributed by atoms with Gasteiger partial charge < -0.3 is 10.4 Å². The molecule has 28 heavy (non-hydrogen) atoms. The number of carbonyl (C=O) groups excluding carboxylic acids is 1. The quantitative estimate of drug-likeness (QED) is 0.385. The van der Waals surface area contributed by atoms with E-state index in [9.17, 15) is 18.7 Å². The lowest BCUT2D eigenvalue weighted by Gasteiger charge is -2.36. The molecule has 0 aliphatic heterocycles. The van der Waals surface area contributed by atoms with Crippen molar-refractivity contribution in [3.63, 3.8) is 0 Å². The molecule has 1 amide bonds. The van der Waals surface area contributed by atoms with Gasteiger partial charge in [0.05, 0.1) is 17.2 Å². The molecule has 0 unspecified atom stereocenters. The van der Waals surface area contributed by atoms with Crippen LogP contribution in [0.4, 0.5) is 8.78 Å². The third kappa shape index (κ3) is 3.95. The van der Waals surface area contributed by atoms with Crippen molar-refractivity contribution in [2.45, 2.75) is 63.6 Å². The number of aliphatic hydroxyl groups excluding tert-OH is 1. The van der Waals surface area contributed by atoms with Crippen molar-refractivity contribution in [1.29, 1.82) is 5.53 Å². The average Bonchev–Trinajstić information content (AvgIpc) is 3.25. The Hall–Kier alpha value is -1.89. The van der Waals surface area contributed by atoms with Crippen molar-refractivity contribution in [3.8, 4) is 0 Å². The number of benzene rings is 1. The molecule has 0 radical (unpaired) electrons.